The molecule has 3 aromatic rings. The Kier molecular flexibility index (Phi) is 5.80. The lowest BCUT2D eigenvalue weighted by molar-refractivity contribution is -0.121. The Balaban J connectivity index is 1.29. The van der Waals surface area contributed by atoms with Crippen molar-refractivity contribution in [3.8, 4) is 11.5 Å². The average Bonchev–Trinajstić information content (AvgIpc) is 3.19. The number of rotatable bonds is 5. The molecule has 1 saturated heterocycles. The van der Waals surface area contributed by atoms with E-state index in [9.17, 15) is 18.0 Å². The number of carbonyl (C=O) groups excluding carboxylic acids is 1. The summed E-state index contributed by atoms with van der Waals surface area (Å²) in [4.78, 5) is 18.8. The molecule has 2 heterocycles. The Bertz CT molecular complexity index is 1030. The van der Waals surface area contributed by atoms with E-state index in [4.69, 9.17) is 4.52 Å². The molecule has 0 unspecified atom stereocenters. The summed E-state index contributed by atoms with van der Waals surface area (Å²) in [5.41, 5.74) is 0.613. The molecule has 1 aliphatic rings. The average molecular weight is 416 g/mol. The molecule has 6 nitrogen and oxygen atoms in total. The number of benzene rings is 2. The number of amides is 1. The Morgan fingerprint density at radius 2 is 1.77 bits per heavy atom. The van der Waals surface area contributed by atoms with Crippen LogP contribution >= 0.6 is 0 Å². The second kappa shape index (κ2) is 8.66. The van der Waals surface area contributed by atoms with Gasteiger partial charge in [0.25, 0.3) is 5.89 Å². The molecule has 0 saturated carbocycles. The highest BCUT2D eigenvalue weighted by atomic mass is 19.1. The topological polar surface area (TPSA) is 71.3 Å². The number of halogens is 3. The van der Waals surface area contributed by atoms with Crippen LogP contribution in [0.2, 0.25) is 0 Å². The number of nitrogens with one attached hydrogen (secondary N) is 1. The second-order valence-corrected chi connectivity index (χ2v) is 7.19. The quantitative estimate of drug-likeness (QED) is 0.681. The molecule has 9 heteroatoms. The van der Waals surface area contributed by atoms with Gasteiger partial charge in [0.1, 0.15) is 17.5 Å². The third-order valence-electron chi connectivity index (χ3n) is 5.07. The van der Waals surface area contributed by atoms with Gasteiger partial charge in [-0.3, -0.25) is 9.69 Å². The molecule has 0 aliphatic carbocycles. The second-order valence-electron chi connectivity index (χ2n) is 7.19. The fourth-order valence-electron chi connectivity index (χ4n) is 3.41. The normalized spacial score (nSPS) is 15.3. The van der Waals surface area contributed by atoms with E-state index in [0.717, 1.165) is 12.1 Å². The molecule has 30 heavy (non-hydrogen) atoms. The number of hydrogen-bond acceptors (Lipinski definition) is 5. The van der Waals surface area contributed by atoms with Crippen LogP contribution in [0, 0.1) is 23.4 Å². The number of aromatic nitrogens is 2. The number of nitrogens with zero attached hydrogens (tertiary/aromatic N) is 3. The molecular formula is C21H19F3N4O2. The molecule has 0 atom stereocenters. The summed E-state index contributed by atoms with van der Waals surface area (Å²) in [6.45, 7) is 1.75. The number of carbonyl (C=O) groups is 1. The van der Waals surface area contributed by atoms with Gasteiger partial charge in [-0.1, -0.05) is 5.16 Å². The first-order valence-electron chi connectivity index (χ1n) is 9.55. The van der Waals surface area contributed by atoms with Crippen LogP contribution in [0.4, 0.5) is 18.9 Å². The minimum absolute atomic E-state index is 0.0241. The lowest BCUT2D eigenvalue weighted by Crippen LogP contribution is -2.38. The van der Waals surface area contributed by atoms with Crippen molar-refractivity contribution >= 4 is 11.6 Å². The molecular weight excluding hydrogens is 397 g/mol. The Labute approximate surface area is 170 Å². The van der Waals surface area contributed by atoms with Gasteiger partial charge in [-0.05, 0) is 62.3 Å². The van der Waals surface area contributed by atoms with Crippen LogP contribution in [0.25, 0.3) is 11.5 Å². The minimum Gasteiger partial charge on any atom is -0.334 e. The van der Waals surface area contributed by atoms with E-state index in [1.807, 2.05) is 0 Å². The van der Waals surface area contributed by atoms with E-state index < -0.39 is 11.6 Å². The predicted molar refractivity (Wildman–Crippen MR) is 103 cm³/mol. The van der Waals surface area contributed by atoms with E-state index >= 15 is 0 Å². The summed E-state index contributed by atoms with van der Waals surface area (Å²) < 4.78 is 45.0. The Morgan fingerprint density at radius 3 is 2.47 bits per heavy atom. The van der Waals surface area contributed by atoms with E-state index in [1.54, 1.807) is 12.1 Å². The summed E-state index contributed by atoms with van der Waals surface area (Å²) in [7, 11) is 0. The van der Waals surface area contributed by atoms with E-state index in [2.05, 4.69) is 20.4 Å². The van der Waals surface area contributed by atoms with Gasteiger partial charge in [-0.25, -0.2) is 13.2 Å². The number of anilines is 1. The van der Waals surface area contributed by atoms with Gasteiger partial charge in [-0.15, -0.1) is 0 Å². The number of likely N-dealkylation sites (tertiary alicyclic amines) is 1. The van der Waals surface area contributed by atoms with Crippen LogP contribution < -0.4 is 5.32 Å². The Morgan fingerprint density at radius 1 is 1.07 bits per heavy atom. The number of piperidine rings is 1. The van der Waals surface area contributed by atoms with Crippen LogP contribution in [0.1, 0.15) is 18.7 Å². The number of hydrogen-bond donors (Lipinski definition) is 1. The maximum atomic E-state index is 13.7. The van der Waals surface area contributed by atoms with Gasteiger partial charge in [0.2, 0.25) is 5.91 Å². The first kappa shape index (κ1) is 20.1. The first-order valence-corrected chi connectivity index (χ1v) is 9.55. The summed E-state index contributed by atoms with van der Waals surface area (Å²) >= 11 is 0. The van der Waals surface area contributed by atoms with Gasteiger partial charge in [-0.2, -0.15) is 4.98 Å². The molecule has 1 N–H and O–H groups in total. The van der Waals surface area contributed by atoms with Crippen molar-refractivity contribution in [1.29, 1.82) is 0 Å². The van der Waals surface area contributed by atoms with Crippen molar-refractivity contribution in [2.24, 2.45) is 5.92 Å². The Hall–Kier alpha value is -3.20. The molecule has 156 valence electrons. The molecule has 0 radical (unpaired) electrons. The third-order valence-corrected chi connectivity index (χ3v) is 5.07. The van der Waals surface area contributed by atoms with Crippen molar-refractivity contribution < 1.29 is 22.5 Å². The zero-order valence-corrected chi connectivity index (χ0v) is 15.9. The largest absolute Gasteiger partial charge is 0.334 e. The van der Waals surface area contributed by atoms with Crippen LogP contribution in [0.3, 0.4) is 0 Å². The molecule has 4 rings (SSSR count). The SMILES string of the molecule is O=C(Nc1ccc(F)cc1F)C1CCN(Cc2noc(-c3ccc(F)cc3)n2)CC1. The molecule has 2 aromatic carbocycles. The summed E-state index contributed by atoms with van der Waals surface area (Å²) in [5.74, 6) is -1.54. The van der Waals surface area contributed by atoms with Gasteiger partial charge in [0.15, 0.2) is 5.82 Å². The van der Waals surface area contributed by atoms with E-state index in [-0.39, 0.29) is 23.3 Å². The summed E-state index contributed by atoms with van der Waals surface area (Å²) in [5, 5.41) is 6.49. The predicted octanol–water partition coefficient (Wildman–Crippen LogP) is 4.00. The monoisotopic (exact) mass is 416 g/mol. The zero-order chi connectivity index (χ0) is 21.1. The maximum Gasteiger partial charge on any atom is 0.257 e. The molecule has 1 aliphatic heterocycles. The van der Waals surface area contributed by atoms with Crippen molar-refractivity contribution in [3.05, 3.63) is 65.7 Å². The van der Waals surface area contributed by atoms with E-state index in [0.29, 0.717) is 49.8 Å². The first-order chi connectivity index (χ1) is 14.5. The lowest BCUT2D eigenvalue weighted by Gasteiger charge is -2.30. The highest BCUT2D eigenvalue weighted by molar-refractivity contribution is 5.92. The molecule has 0 bridgehead atoms. The zero-order valence-electron chi connectivity index (χ0n) is 15.9. The fraction of sp³-hybridized carbons (Fsp3) is 0.286. The van der Waals surface area contributed by atoms with Crippen LogP contribution in [0.5, 0.6) is 0 Å². The van der Waals surface area contributed by atoms with Gasteiger partial charge >= 0.3 is 0 Å². The van der Waals surface area contributed by atoms with Gasteiger partial charge in [0, 0.05) is 17.5 Å². The van der Waals surface area contributed by atoms with Crippen molar-refractivity contribution in [1.82, 2.24) is 15.0 Å². The minimum atomic E-state index is -0.796. The van der Waals surface area contributed by atoms with Crippen molar-refractivity contribution in [3.63, 3.8) is 0 Å². The molecule has 0 spiro atoms. The van der Waals surface area contributed by atoms with Crippen molar-refractivity contribution in [2.75, 3.05) is 18.4 Å². The smallest absolute Gasteiger partial charge is 0.257 e. The highest BCUT2D eigenvalue weighted by Crippen LogP contribution is 2.23. The van der Waals surface area contributed by atoms with Crippen LogP contribution in [-0.4, -0.2) is 34.0 Å². The third kappa shape index (κ3) is 4.68. The summed E-state index contributed by atoms with van der Waals surface area (Å²) in [6.07, 6.45) is 1.19. The molecule has 1 fully saturated rings. The van der Waals surface area contributed by atoms with Crippen LogP contribution in [0.15, 0.2) is 47.0 Å². The highest BCUT2D eigenvalue weighted by Gasteiger charge is 2.26. The maximum absolute atomic E-state index is 13.7. The molecule has 1 amide bonds. The van der Waals surface area contributed by atoms with Crippen LogP contribution in [-0.2, 0) is 11.3 Å². The fourth-order valence-corrected chi connectivity index (χ4v) is 3.41. The van der Waals surface area contributed by atoms with E-state index in [1.165, 1.54) is 18.2 Å². The lowest BCUT2D eigenvalue weighted by atomic mass is 9.96. The van der Waals surface area contributed by atoms with Gasteiger partial charge < -0.3 is 9.84 Å². The van der Waals surface area contributed by atoms with Crippen molar-refractivity contribution in [2.45, 2.75) is 19.4 Å². The standard InChI is InChI=1S/C21H19F3N4O2/c22-15-3-1-14(2-4-15)21-26-19(27-30-21)12-28-9-7-13(8-10-28)20(29)25-18-6-5-16(23)11-17(18)24/h1-6,11,13H,7-10,12H2,(H,25,29). The summed E-state index contributed by atoms with van der Waals surface area (Å²) in [6, 6.07) is 8.85. The molecule has 1 aromatic heterocycles. The van der Waals surface area contributed by atoms with Gasteiger partial charge in [0.05, 0.1) is 12.2 Å².